The van der Waals surface area contributed by atoms with Crippen LogP contribution in [0.1, 0.15) is 278 Å². The molecule has 16 N–H and O–H groups in total. The maximum atomic E-state index is 12.0. The average molecular weight is 2150 g/mol. The molecule has 2 aliphatic rings. The smallest absolute Gasteiger partial charge is 1.00 e. The van der Waals surface area contributed by atoms with Crippen molar-refractivity contribution in [2.45, 2.75) is 290 Å². The molecule has 0 saturated carbocycles. The number of esters is 2. The molecule has 1 saturated heterocycles. The number of halogens is 3. The van der Waals surface area contributed by atoms with E-state index in [2.05, 4.69) is 132 Å². The first-order chi connectivity index (χ1) is 69.3. The van der Waals surface area contributed by atoms with Gasteiger partial charge in [0.05, 0.1) is 101 Å². The van der Waals surface area contributed by atoms with Crippen LogP contribution in [0.15, 0.2) is 187 Å². The summed E-state index contributed by atoms with van der Waals surface area (Å²) in [5.74, 6) is 4.44. The minimum atomic E-state index is -0.548. The normalized spacial score (nSPS) is 15.4. The van der Waals surface area contributed by atoms with Crippen molar-refractivity contribution in [2.24, 2.45) is 16.5 Å². The average Bonchev–Trinajstić information content (AvgIpc) is 0.805. The molecule has 148 heavy (non-hydrogen) atoms. The van der Waals surface area contributed by atoms with Crippen molar-refractivity contribution in [3.05, 3.63) is 228 Å². The number of aliphatic imine (C=N–C) groups is 1. The van der Waals surface area contributed by atoms with Crippen molar-refractivity contribution in [3.63, 3.8) is 0 Å². The van der Waals surface area contributed by atoms with Crippen LogP contribution in [0.25, 0.3) is 33.1 Å². The Morgan fingerprint density at radius 2 is 0.993 bits per heavy atom. The minimum absolute atomic E-state index is 0. The van der Waals surface area contributed by atoms with Gasteiger partial charge in [-0.1, -0.05) is 259 Å². The largest absolute Gasteiger partial charge is 2.00 e. The standard InChI is InChI=1S/C24H33N5O3.C16H23NO2.C16H27NO2.C15H23N5O.C11H11NO2.C9H13NO2.C8H19NO.C7H3Cl2N3.C5H11.B.BrH.Li.Mg.H/c1-5-6-7-12-24(2,16-30)29-22-21-19(9-8-13-25-21)27-23(28-22)26-15-17-10-11-18(31-3)14-20(17)32-4;1-3-4-8-11-16(2)15(18)19-12-14(17-16)13-9-6-5-7-10-13;1-3-4-8-11-16(2,13-19)17-15(12-18)14-9-6-5-7-10-14;1-3-4-5-8-15(2,10-21)20-13-12-11(7-6-9-17-12)18-14(16)19-13;1-8-11(13)14-7-10(12-8)9-5-3-2-4-6-9;1-11-8-4-3-7(6-10)9(5-8)12-2;1-3-4-5-6-8(2,9)7-10;8-6-5-4(2-1-3-10-5)11-7(9)12-6;1-3-5-4-2;;;;;/h8-11,13-14,30H,5-7,12,15-16H2,1-4H3,(H2,26,27,28,29);5-7,9-10,14,17H,3-4,8,11-12H2,1-2H3;5-7,9-10,15,17-19H,3-4,8,11-13H2,1-2H3;6-7,9,21H,3-5,8,10H2,1-2H3,(H3,16,18,19,20);2-6,10H,7H2,1H3;3-5H,6,10H2,1-2H3;10H,3-7,9H2,1-2H3;1-3H;1,3-5H2,2H3;;1H;;;/q;;;;;;;;-1;;;+1;+2;-1/p-1/t24-;14-,16+;15-,16+;15-;10-;;8-;;;;;;;/m10010.1......./s1. The van der Waals surface area contributed by atoms with E-state index in [1.54, 1.807) is 66.1 Å². The van der Waals surface area contributed by atoms with Crippen LogP contribution in [0.4, 0.5) is 23.5 Å². The van der Waals surface area contributed by atoms with Crippen molar-refractivity contribution < 1.29 is 101 Å². The maximum Gasteiger partial charge on any atom is 2.00 e. The molecule has 8 heterocycles. The Kier molecular flexibility index (Phi) is 69.7. The van der Waals surface area contributed by atoms with Gasteiger partial charge in [-0.3, -0.25) is 30.1 Å². The van der Waals surface area contributed by atoms with Crippen molar-refractivity contribution in [1.82, 2.24) is 55.5 Å². The van der Waals surface area contributed by atoms with Crippen LogP contribution >= 0.6 is 23.2 Å². The Balaban J connectivity index is 0.00000170. The maximum absolute atomic E-state index is 12.0. The van der Waals surface area contributed by atoms with E-state index in [0.717, 1.165) is 160 Å². The van der Waals surface area contributed by atoms with Crippen LogP contribution in [-0.2, 0) is 32.2 Å². The van der Waals surface area contributed by atoms with E-state index in [9.17, 15) is 30.0 Å². The molecule has 3 radical (unpaired) electrons. The molecule has 0 bridgehead atoms. The number of hydrogen-bond donors (Lipinski definition) is 13. The van der Waals surface area contributed by atoms with E-state index in [1.807, 2.05) is 174 Å². The molecule has 0 aliphatic carbocycles. The molecule has 6 aromatic heterocycles. The number of nitrogens with zero attached hydrogens (tertiary/aromatic N) is 10. The molecule has 1 fully saturated rings. The summed E-state index contributed by atoms with van der Waals surface area (Å²) in [4.78, 5) is 65.5. The number of nitrogens with one attached hydrogen (secondary N) is 5. The zero-order valence-corrected chi connectivity index (χ0v) is 95.0. The molecule has 8 atom stereocenters. The van der Waals surface area contributed by atoms with Gasteiger partial charge >= 0.3 is 53.9 Å². The molecular weight excluding hydrogens is 1990 g/mol. The third kappa shape index (κ3) is 49.0. The predicted octanol–water partition coefficient (Wildman–Crippen LogP) is 14.5. The molecule has 11 aromatic rings. The zero-order chi connectivity index (χ0) is 106. The number of morpholine rings is 1. The number of rotatable bonds is 44. The van der Waals surface area contributed by atoms with Gasteiger partial charge in [-0.25, -0.2) is 24.7 Å². The number of aliphatic hydroxyl groups is 5. The fourth-order valence-corrected chi connectivity index (χ4v) is 15.6. The number of carbonyl (C=O) groups excluding carboxylic acids is 2. The number of nitrogen functional groups attached to an aromatic ring is 1. The number of pyridine rings is 3. The number of fused-ring (bicyclic) bond motifs is 3. The van der Waals surface area contributed by atoms with Crippen molar-refractivity contribution in [1.29, 1.82) is 0 Å². The van der Waals surface area contributed by atoms with Crippen molar-refractivity contribution in [3.8, 4) is 23.0 Å². The molecule has 803 valence electrons. The summed E-state index contributed by atoms with van der Waals surface area (Å²) in [5, 5.41) is 65.1. The summed E-state index contributed by atoms with van der Waals surface area (Å²) in [7, 11) is 6.50. The second-order valence-corrected chi connectivity index (χ2v) is 37.6. The molecule has 31 nitrogen and oxygen atoms in total. The quantitative estimate of drug-likeness (QED) is 0.00421. The first kappa shape index (κ1) is 137. The van der Waals surface area contributed by atoms with Crippen molar-refractivity contribution >= 4 is 129 Å². The Bertz CT molecular complexity index is 5520. The molecular formula is C111H164BBrCl2LiMgN18O13. The fourth-order valence-electron chi connectivity index (χ4n) is 15.2. The topological polar surface area (TPSA) is 457 Å². The molecule has 13 rings (SSSR count). The van der Waals surface area contributed by atoms with Gasteiger partial charge in [0.2, 0.25) is 17.2 Å². The van der Waals surface area contributed by atoms with E-state index >= 15 is 0 Å². The van der Waals surface area contributed by atoms with Crippen LogP contribution in [0.5, 0.6) is 23.0 Å². The number of aliphatic hydroxyl groups excluding tert-OH is 5. The van der Waals surface area contributed by atoms with Gasteiger partial charge in [-0.05, 0) is 157 Å². The molecule has 2 aliphatic heterocycles. The number of hydrogen-bond acceptors (Lipinski definition) is 31. The first-order valence-corrected chi connectivity index (χ1v) is 51.1. The van der Waals surface area contributed by atoms with Gasteiger partial charge in [0, 0.05) is 74.4 Å². The first-order valence-electron chi connectivity index (χ1n) is 50.4. The van der Waals surface area contributed by atoms with E-state index in [-0.39, 0.29) is 159 Å². The third-order valence-corrected chi connectivity index (χ3v) is 24.5. The Labute approximate surface area is 931 Å². The molecule has 37 heteroatoms. The Hall–Kier alpha value is -9.29. The van der Waals surface area contributed by atoms with Crippen LogP contribution in [0, 0.1) is 6.92 Å². The van der Waals surface area contributed by atoms with Crippen molar-refractivity contribution in [2.75, 3.05) is 96.4 Å². The van der Waals surface area contributed by atoms with Gasteiger partial charge in [0.1, 0.15) is 70.1 Å². The van der Waals surface area contributed by atoms with Crippen LogP contribution < -0.4 is 98.6 Å². The number of carbonyl (C=O) groups is 2. The van der Waals surface area contributed by atoms with Gasteiger partial charge < -0.3 is 118 Å². The summed E-state index contributed by atoms with van der Waals surface area (Å²) in [6, 6.07) is 52.1. The number of cyclic esters (lactones) is 2. The van der Waals surface area contributed by atoms with E-state index in [1.165, 1.54) is 44.1 Å². The summed E-state index contributed by atoms with van der Waals surface area (Å²) in [5.41, 5.74) is 24.5. The van der Waals surface area contributed by atoms with Crippen LogP contribution in [0.2, 0.25) is 10.4 Å². The molecule has 0 amide bonds. The fraction of sp³-hybridized carbons (Fsp3) is 0.505. The second kappa shape index (κ2) is 75.4. The van der Waals surface area contributed by atoms with Gasteiger partial charge in [0.25, 0.3) is 0 Å². The van der Waals surface area contributed by atoms with Crippen LogP contribution in [-0.4, -0.2) is 222 Å². The monoisotopic (exact) mass is 2150 g/mol. The number of aromatic nitrogens is 9. The van der Waals surface area contributed by atoms with Gasteiger partial charge in [-0.2, -0.15) is 16.4 Å². The van der Waals surface area contributed by atoms with Gasteiger partial charge in [0.15, 0.2) is 16.8 Å². The predicted molar refractivity (Wildman–Crippen MR) is 597 cm³/mol. The zero-order valence-electron chi connectivity index (χ0n) is 91.5. The Morgan fingerprint density at radius 3 is 1.45 bits per heavy atom. The summed E-state index contributed by atoms with van der Waals surface area (Å²) in [6.07, 6.45) is 30.0. The molecule has 0 unspecified atom stereocenters. The van der Waals surface area contributed by atoms with E-state index < -0.39 is 16.6 Å². The molecule has 0 spiro atoms. The Morgan fingerprint density at radius 1 is 0.541 bits per heavy atom. The number of methoxy groups -OCH3 is 4. The summed E-state index contributed by atoms with van der Waals surface area (Å²) >= 11 is 11.4. The number of benzene rings is 5. The minimum Gasteiger partial charge on any atom is -1.00 e. The summed E-state index contributed by atoms with van der Waals surface area (Å²) < 4.78 is 31.3. The van der Waals surface area contributed by atoms with E-state index in [4.69, 9.17) is 78.9 Å². The third-order valence-electron chi connectivity index (χ3n) is 24.1. The number of nitrogens with two attached hydrogens (primary N) is 3. The number of ether oxygens (including phenoxy) is 6. The molecule has 5 aromatic carbocycles. The second-order valence-electron chi connectivity index (χ2n) is 36.9. The van der Waals surface area contributed by atoms with E-state index in [0.29, 0.717) is 77.2 Å². The SMILES string of the molecule is CC1=N[C@H](c2ccccc2)COC1=O.CCCCC[C@@](C)(N)CO.CCCCC[C@@]1(C)N[C@H](c2ccccc2)COC1=O.CCCCC[C@](C)(CO)N[C@@H](CO)c1ccccc1.CCCCC[C@](C)(CO)Nc1nc(N)nc2cccnc12.CCCCC[C@](C)(CO)Nc1nc(NCc2ccc(OC)cc2OC)nc2cccnc12.COc1ccc(CN)c(OC)c1.Clc1nc(Cl)c2ncccc2n1.[B].[Br-].[CH2-]CCCC.[H-].[Li+].[Mg+2]. The number of unbranched alkanes of at least 4 members (excludes halogenated alkanes) is 12. The number of anilines is 4. The summed E-state index contributed by atoms with van der Waals surface area (Å²) in [6.45, 7) is 30.2. The van der Waals surface area contributed by atoms with Gasteiger partial charge in [-0.15, -0.1) is 0 Å². The van der Waals surface area contributed by atoms with Crippen LogP contribution in [0.3, 0.4) is 0 Å².